The van der Waals surface area contributed by atoms with Gasteiger partial charge in [0.15, 0.2) is 0 Å². The number of rotatable bonds is 3. The number of nitrogens with one attached hydrogen (secondary N) is 1. The fourth-order valence-electron chi connectivity index (χ4n) is 6.01. The van der Waals surface area contributed by atoms with Crippen molar-refractivity contribution in [2.45, 2.75) is 31.2 Å². The first-order chi connectivity index (χ1) is 14.0. The van der Waals surface area contributed by atoms with E-state index in [0.29, 0.717) is 28.3 Å². The highest BCUT2D eigenvalue weighted by atomic mass is 35.5. The number of carboxylic acids is 1. The molecule has 1 aliphatic heterocycles. The summed E-state index contributed by atoms with van der Waals surface area (Å²) in [6.45, 7) is 0. The summed E-state index contributed by atoms with van der Waals surface area (Å²) in [5, 5.41) is 13.4. The molecule has 3 aliphatic rings. The SMILES string of the molecule is COC(=O)c1ccc(Cl)c2c1C1C3CCC(C3)C1C(c1ccc(C(=O)O)cc1)N2. The molecule has 0 radical (unpaired) electrons. The molecular formula is C23H22ClNO4. The van der Waals surface area contributed by atoms with E-state index >= 15 is 0 Å². The van der Waals surface area contributed by atoms with Crippen molar-refractivity contribution in [1.29, 1.82) is 0 Å². The number of aromatic carboxylic acids is 1. The topological polar surface area (TPSA) is 75.6 Å². The molecule has 5 unspecified atom stereocenters. The maximum atomic E-state index is 12.5. The van der Waals surface area contributed by atoms with Gasteiger partial charge < -0.3 is 15.2 Å². The summed E-state index contributed by atoms with van der Waals surface area (Å²) in [6, 6.07) is 10.7. The number of benzene rings is 2. The van der Waals surface area contributed by atoms with Crippen molar-refractivity contribution in [2.24, 2.45) is 17.8 Å². The van der Waals surface area contributed by atoms with Gasteiger partial charge in [0, 0.05) is 0 Å². The number of esters is 1. The zero-order chi connectivity index (χ0) is 20.3. The van der Waals surface area contributed by atoms with Crippen LogP contribution in [0.4, 0.5) is 5.69 Å². The predicted octanol–water partition coefficient (Wildman–Crippen LogP) is 5.12. The van der Waals surface area contributed by atoms with Gasteiger partial charge in [0.25, 0.3) is 0 Å². The van der Waals surface area contributed by atoms with Gasteiger partial charge in [-0.15, -0.1) is 0 Å². The zero-order valence-corrected chi connectivity index (χ0v) is 16.8. The standard InChI is InChI=1S/C23H22ClNO4/c1-29-23(28)15-8-9-16(24)21-19(15)17-13-6-7-14(10-13)18(17)20(25-21)11-2-4-12(5-3-11)22(26)27/h2-5,8-9,13-14,17-18,20,25H,6-7,10H2,1H3,(H,26,27). The summed E-state index contributed by atoms with van der Waals surface area (Å²) in [4.78, 5) is 23.7. The number of methoxy groups -OCH3 is 1. The number of anilines is 1. The molecule has 29 heavy (non-hydrogen) atoms. The van der Waals surface area contributed by atoms with Crippen molar-refractivity contribution in [3.8, 4) is 0 Å². The third kappa shape index (κ3) is 2.75. The fourth-order valence-corrected chi connectivity index (χ4v) is 6.23. The predicted molar refractivity (Wildman–Crippen MR) is 110 cm³/mol. The number of carbonyl (C=O) groups is 2. The Balaban J connectivity index is 1.65. The average Bonchev–Trinajstić information content (AvgIpc) is 3.36. The molecule has 2 saturated carbocycles. The van der Waals surface area contributed by atoms with Gasteiger partial charge >= 0.3 is 11.9 Å². The fraction of sp³-hybridized carbons (Fsp3) is 0.391. The molecule has 5 nitrogen and oxygen atoms in total. The number of ether oxygens (including phenoxy) is 1. The first kappa shape index (κ1) is 18.5. The summed E-state index contributed by atoms with van der Waals surface area (Å²) in [6.07, 6.45) is 3.52. The number of hydrogen-bond donors (Lipinski definition) is 2. The maximum absolute atomic E-state index is 12.5. The number of hydrogen-bond acceptors (Lipinski definition) is 4. The summed E-state index contributed by atoms with van der Waals surface area (Å²) in [7, 11) is 1.41. The van der Waals surface area contributed by atoms with Crippen LogP contribution in [0.1, 0.15) is 63.1 Å². The number of carbonyl (C=O) groups excluding carboxylic acids is 1. The Bertz CT molecular complexity index is 1000. The highest BCUT2D eigenvalue weighted by molar-refractivity contribution is 6.33. The van der Waals surface area contributed by atoms with Gasteiger partial charge in [0.2, 0.25) is 0 Å². The van der Waals surface area contributed by atoms with Gasteiger partial charge in [-0.3, -0.25) is 0 Å². The third-order valence-electron chi connectivity index (χ3n) is 7.12. The molecule has 2 N–H and O–H groups in total. The summed E-state index contributed by atoms with van der Waals surface area (Å²) < 4.78 is 5.05. The quantitative estimate of drug-likeness (QED) is 0.685. The summed E-state index contributed by atoms with van der Waals surface area (Å²) >= 11 is 6.58. The van der Waals surface area contributed by atoms with Gasteiger partial charge in [0.05, 0.1) is 35.0 Å². The Labute approximate surface area is 174 Å². The molecule has 0 aromatic heterocycles. The van der Waals surface area contributed by atoms with Gasteiger partial charge in [-0.25, -0.2) is 9.59 Å². The van der Waals surface area contributed by atoms with E-state index in [4.69, 9.17) is 16.3 Å². The molecule has 6 heteroatoms. The lowest BCUT2D eigenvalue weighted by Gasteiger charge is -2.44. The normalized spacial score (nSPS) is 29.0. The molecule has 2 bridgehead atoms. The molecule has 1 heterocycles. The third-order valence-corrected chi connectivity index (χ3v) is 7.43. The zero-order valence-electron chi connectivity index (χ0n) is 16.0. The Kier molecular flexibility index (Phi) is 4.32. The lowest BCUT2D eigenvalue weighted by molar-refractivity contribution is 0.0596. The molecule has 5 atom stereocenters. The molecule has 5 rings (SSSR count). The van der Waals surface area contributed by atoms with E-state index in [1.807, 2.05) is 12.1 Å². The van der Waals surface area contributed by atoms with E-state index in [-0.39, 0.29) is 23.5 Å². The molecule has 0 amide bonds. The smallest absolute Gasteiger partial charge is 0.338 e. The minimum absolute atomic E-state index is 0.0380. The van der Waals surface area contributed by atoms with Crippen molar-refractivity contribution in [3.05, 3.63) is 63.7 Å². The van der Waals surface area contributed by atoms with E-state index in [2.05, 4.69) is 5.32 Å². The molecular weight excluding hydrogens is 390 g/mol. The minimum atomic E-state index is -0.929. The summed E-state index contributed by atoms with van der Waals surface area (Å²) in [5.74, 6) is 0.459. The Morgan fingerprint density at radius 1 is 1.10 bits per heavy atom. The molecule has 2 aliphatic carbocycles. The van der Waals surface area contributed by atoms with Crippen LogP contribution in [0.15, 0.2) is 36.4 Å². The van der Waals surface area contributed by atoms with Crippen molar-refractivity contribution >= 4 is 29.2 Å². The number of halogens is 1. The van der Waals surface area contributed by atoms with Crippen molar-refractivity contribution < 1.29 is 19.4 Å². The van der Waals surface area contributed by atoms with E-state index in [1.165, 1.54) is 20.0 Å². The van der Waals surface area contributed by atoms with Crippen LogP contribution in [0.25, 0.3) is 0 Å². The second kappa shape index (κ2) is 6.77. The van der Waals surface area contributed by atoms with Crippen LogP contribution in [0, 0.1) is 17.8 Å². The second-order valence-corrected chi connectivity index (χ2v) is 8.77. The highest BCUT2D eigenvalue weighted by Crippen LogP contribution is 2.64. The average molecular weight is 412 g/mol. The molecule has 0 saturated heterocycles. The minimum Gasteiger partial charge on any atom is -0.478 e. The number of carboxylic acid groups (broad SMARTS) is 1. The Morgan fingerprint density at radius 3 is 2.52 bits per heavy atom. The van der Waals surface area contributed by atoms with E-state index < -0.39 is 5.97 Å². The Morgan fingerprint density at radius 2 is 1.83 bits per heavy atom. The molecule has 0 spiro atoms. The summed E-state index contributed by atoms with van der Waals surface area (Å²) in [5.41, 5.74) is 3.75. The van der Waals surface area contributed by atoms with Crippen molar-refractivity contribution in [3.63, 3.8) is 0 Å². The second-order valence-electron chi connectivity index (χ2n) is 8.36. The van der Waals surface area contributed by atoms with Gasteiger partial charge in [0.1, 0.15) is 0 Å². The van der Waals surface area contributed by atoms with Gasteiger partial charge in [-0.05, 0) is 78.3 Å². The Hall–Kier alpha value is -2.53. The lowest BCUT2D eigenvalue weighted by atomic mass is 9.67. The lowest BCUT2D eigenvalue weighted by Crippen LogP contribution is -2.36. The van der Waals surface area contributed by atoms with E-state index in [9.17, 15) is 14.7 Å². The van der Waals surface area contributed by atoms with Crippen molar-refractivity contribution in [2.75, 3.05) is 12.4 Å². The molecule has 2 aromatic rings. The van der Waals surface area contributed by atoms with Crippen LogP contribution in [0.2, 0.25) is 5.02 Å². The molecule has 150 valence electrons. The van der Waals surface area contributed by atoms with Crippen molar-refractivity contribution in [1.82, 2.24) is 0 Å². The van der Waals surface area contributed by atoms with E-state index in [1.54, 1.807) is 24.3 Å². The van der Waals surface area contributed by atoms with Crippen LogP contribution in [0.5, 0.6) is 0 Å². The van der Waals surface area contributed by atoms with Gasteiger partial charge in [-0.2, -0.15) is 0 Å². The van der Waals surface area contributed by atoms with E-state index in [0.717, 1.165) is 23.2 Å². The molecule has 2 aromatic carbocycles. The van der Waals surface area contributed by atoms with Gasteiger partial charge in [-0.1, -0.05) is 23.7 Å². The maximum Gasteiger partial charge on any atom is 0.338 e. The number of fused-ring (bicyclic) bond motifs is 7. The van der Waals surface area contributed by atoms with Crippen LogP contribution in [-0.2, 0) is 4.74 Å². The highest BCUT2D eigenvalue weighted by Gasteiger charge is 2.55. The van der Waals surface area contributed by atoms with Crippen LogP contribution in [-0.4, -0.2) is 24.2 Å². The first-order valence-electron chi connectivity index (χ1n) is 10.00. The molecule has 2 fully saturated rings. The first-order valence-corrected chi connectivity index (χ1v) is 10.4. The largest absolute Gasteiger partial charge is 0.478 e. The van der Waals surface area contributed by atoms with Crippen LogP contribution in [0.3, 0.4) is 0 Å². The monoisotopic (exact) mass is 411 g/mol. The van der Waals surface area contributed by atoms with Crippen LogP contribution >= 0.6 is 11.6 Å². The van der Waals surface area contributed by atoms with Crippen LogP contribution < -0.4 is 5.32 Å².